The number of hydrogen-bond donors (Lipinski definition) is 1. The van der Waals surface area contributed by atoms with Crippen molar-refractivity contribution in [3.05, 3.63) is 88.9 Å². The molecule has 3 aromatic rings. The van der Waals surface area contributed by atoms with Crippen molar-refractivity contribution in [2.24, 2.45) is 0 Å². The molecule has 0 spiro atoms. The lowest BCUT2D eigenvalue weighted by atomic mass is 10.0. The molecule has 1 N–H and O–H groups in total. The normalized spacial score (nSPS) is 16.4. The van der Waals surface area contributed by atoms with Gasteiger partial charge < -0.3 is 5.32 Å². The van der Waals surface area contributed by atoms with Gasteiger partial charge >= 0.3 is 0 Å². The van der Waals surface area contributed by atoms with Crippen LogP contribution in [0, 0.1) is 0 Å². The van der Waals surface area contributed by atoms with E-state index in [9.17, 15) is 13.2 Å². The Labute approximate surface area is 168 Å². The molecule has 1 atom stereocenters. The summed E-state index contributed by atoms with van der Waals surface area (Å²) in [7, 11) is -3.30. The molecule has 0 saturated carbocycles. The highest BCUT2D eigenvalue weighted by Gasteiger charge is 2.34. The van der Waals surface area contributed by atoms with Crippen molar-refractivity contribution in [3.63, 3.8) is 0 Å². The first-order valence-electron chi connectivity index (χ1n) is 8.59. The summed E-state index contributed by atoms with van der Waals surface area (Å²) >= 11 is 6.01. The van der Waals surface area contributed by atoms with Crippen molar-refractivity contribution in [2.45, 2.75) is 11.1 Å². The van der Waals surface area contributed by atoms with E-state index < -0.39 is 16.0 Å². The molecule has 28 heavy (non-hydrogen) atoms. The van der Waals surface area contributed by atoms with Gasteiger partial charge in [0.1, 0.15) is 6.17 Å². The van der Waals surface area contributed by atoms with E-state index in [0.29, 0.717) is 16.3 Å². The molecule has 1 aliphatic heterocycles. The van der Waals surface area contributed by atoms with E-state index in [0.717, 1.165) is 11.3 Å². The SMILES string of the molecule is CS(=O)(=O)c1ccc(C2Nc3ccccc3C(=O)N2c2ccc(Cl)cc2)cc1. The second kappa shape index (κ2) is 6.96. The van der Waals surface area contributed by atoms with Crippen LogP contribution in [0.25, 0.3) is 0 Å². The van der Waals surface area contributed by atoms with Gasteiger partial charge in [0.25, 0.3) is 5.91 Å². The predicted molar refractivity (Wildman–Crippen MR) is 111 cm³/mol. The van der Waals surface area contributed by atoms with E-state index in [4.69, 9.17) is 11.6 Å². The third kappa shape index (κ3) is 3.37. The number of hydrogen-bond acceptors (Lipinski definition) is 4. The summed E-state index contributed by atoms with van der Waals surface area (Å²) in [5, 5.41) is 3.97. The summed E-state index contributed by atoms with van der Waals surface area (Å²) in [6, 6.07) is 20.9. The zero-order valence-corrected chi connectivity index (χ0v) is 16.5. The molecule has 1 unspecified atom stereocenters. The number of para-hydroxylation sites is 1. The van der Waals surface area contributed by atoms with Crippen LogP contribution in [0.15, 0.2) is 77.7 Å². The largest absolute Gasteiger partial charge is 0.360 e. The molecule has 0 saturated heterocycles. The van der Waals surface area contributed by atoms with Crippen LogP contribution in [0.2, 0.25) is 5.02 Å². The van der Waals surface area contributed by atoms with E-state index in [1.807, 2.05) is 18.2 Å². The molecule has 0 aliphatic carbocycles. The first-order valence-corrected chi connectivity index (χ1v) is 10.9. The number of carbonyl (C=O) groups is 1. The molecule has 0 fully saturated rings. The number of rotatable bonds is 3. The topological polar surface area (TPSA) is 66.5 Å². The smallest absolute Gasteiger partial charge is 0.262 e. The van der Waals surface area contributed by atoms with Crippen LogP contribution < -0.4 is 10.2 Å². The zero-order chi connectivity index (χ0) is 19.9. The fourth-order valence-electron chi connectivity index (χ4n) is 3.25. The van der Waals surface area contributed by atoms with E-state index in [1.54, 1.807) is 59.5 Å². The van der Waals surface area contributed by atoms with E-state index in [2.05, 4.69) is 5.32 Å². The summed E-state index contributed by atoms with van der Waals surface area (Å²) in [6.45, 7) is 0. The Kier molecular flexibility index (Phi) is 4.61. The monoisotopic (exact) mass is 412 g/mol. The van der Waals surface area contributed by atoms with Crippen molar-refractivity contribution >= 4 is 38.7 Å². The summed E-state index contributed by atoms with van der Waals surface area (Å²) in [4.78, 5) is 15.1. The van der Waals surface area contributed by atoms with Gasteiger partial charge in [0.2, 0.25) is 0 Å². The maximum atomic E-state index is 13.3. The third-order valence-electron chi connectivity index (χ3n) is 4.66. The summed E-state index contributed by atoms with van der Waals surface area (Å²) in [5.41, 5.74) is 2.76. The zero-order valence-electron chi connectivity index (χ0n) is 15.0. The number of amides is 1. The highest BCUT2D eigenvalue weighted by Crippen LogP contribution is 2.37. The third-order valence-corrected chi connectivity index (χ3v) is 6.04. The molecule has 0 radical (unpaired) electrons. The minimum absolute atomic E-state index is 0.145. The fourth-order valence-corrected chi connectivity index (χ4v) is 4.01. The van der Waals surface area contributed by atoms with E-state index >= 15 is 0 Å². The van der Waals surface area contributed by atoms with Crippen molar-refractivity contribution in [1.29, 1.82) is 0 Å². The molecule has 5 nitrogen and oxygen atoms in total. The number of benzene rings is 3. The summed E-state index contributed by atoms with van der Waals surface area (Å²) in [5.74, 6) is -0.145. The molecule has 7 heteroatoms. The van der Waals surface area contributed by atoms with Crippen LogP contribution in [0.3, 0.4) is 0 Å². The van der Waals surface area contributed by atoms with Gasteiger partial charge in [-0.15, -0.1) is 0 Å². The summed E-state index contributed by atoms with van der Waals surface area (Å²) < 4.78 is 23.5. The fraction of sp³-hybridized carbons (Fsp3) is 0.0952. The molecular formula is C21H17ClN2O3S. The van der Waals surface area contributed by atoms with Crippen LogP contribution in [0.5, 0.6) is 0 Å². The van der Waals surface area contributed by atoms with Crippen LogP contribution in [0.4, 0.5) is 11.4 Å². The first kappa shape index (κ1) is 18.5. The van der Waals surface area contributed by atoms with Gasteiger partial charge in [-0.25, -0.2) is 8.42 Å². The lowest BCUT2D eigenvalue weighted by Crippen LogP contribution is -2.43. The molecule has 142 valence electrons. The van der Waals surface area contributed by atoms with Crippen molar-refractivity contribution in [3.8, 4) is 0 Å². The van der Waals surface area contributed by atoms with Crippen LogP contribution in [0.1, 0.15) is 22.1 Å². The Morgan fingerprint density at radius 2 is 1.57 bits per heavy atom. The number of sulfone groups is 1. The van der Waals surface area contributed by atoms with Crippen LogP contribution in [-0.4, -0.2) is 20.6 Å². The van der Waals surface area contributed by atoms with Gasteiger partial charge in [0.15, 0.2) is 9.84 Å². The lowest BCUT2D eigenvalue weighted by molar-refractivity contribution is 0.0975. The van der Waals surface area contributed by atoms with Crippen LogP contribution >= 0.6 is 11.6 Å². The second-order valence-electron chi connectivity index (χ2n) is 6.59. The maximum Gasteiger partial charge on any atom is 0.262 e. The molecule has 3 aromatic carbocycles. The Balaban J connectivity index is 1.82. The Morgan fingerprint density at radius 3 is 2.21 bits per heavy atom. The Morgan fingerprint density at radius 1 is 0.929 bits per heavy atom. The van der Waals surface area contributed by atoms with Gasteiger partial charge in [-0.2, -0.15) is 0 Å². The Bertz CT molecular complexity index is 1140. The predicted octanol–water partition coefficient (Wildman–Crippen LogP) is 4.51. The van der Waals surface area contributed by atoms with Gasteiger partial charge in [0.05, 0.1) is 10.5 Å². The number of halogens is 1. The minimum atomic E-state index is -3.30. The van der Waals surface area contributed by atoms with Gasteiger partial charge in [-0.05, 0) is 54.1 Å². The second-order valence-corrected chi connectivity index (χ2v) is 9.04. The molecule has 4 rings (SSSR count). The molecule has 1 heterocycles. The number of carbonyl (C=O) groups excluding carboxylic acids is 1. The van der Waals surface area contributed by atoms with Gasteiger partial charge in [-0.1, -0.05) is 35.9 Å². The van der Waals surface area contributed by atoms with E-state index in [-0.39, 0.29) is 10.8 Å². The lowest BCUT2D eigenvalue weighted by Gasteiger charge is -2.38. The highest BCUT2D eigenvalue weighted by molar-refractivity contribution is 7.90. The summed E-state index contributed by atoms with van der Waals surface area (Å²) in [6.07, 6.45) is 0.679. The standard InChI is InChI=1S/C21H17ClN2O3S/c1-28(26,27)17-12-6-14(7-13-17)20-23-19-5-3-2-4-18(19)21(25)24(20)16-10-8-15(22)9-11-16/h2-13,20,23H,1H3. The number of anilines is 2. The van der Waals surface area contributed by atoms with Gasteiger partial charge in [0, 0.05) is 22.7 Å². The molecule has 0 aromatic heterocycles. The number of nitrogens with one attached hydrogen (secondary N) is 1. The quantitative estimate of drug-likeness (QED) is 0.687. The minimum Gasteiger partial charge on any atom is -0.360 e. The molecule has 1 aliphatic rings. The van der Waals surface area contributed by atoms with Crippen molar-refractivity contribution < 1.29 is 13.2 Å². The molecular weight excluding hydrogens is 396 g/mol. The average molecular weight is 413 g/mol. The Hall–Kier alpha value is -2.83. The van der Waals surface area contributed by atoms with Crippen LogP contribution in [-0.2, 0) is 9.84 Å². The van der Waals surface area contributed by atoms with Crippen molar-refractivity contribution in [2.75, 3.05) is 16.5 Å². The number of nitrogens with zero attached hydrogens (tertiary/aromatic N) is 1. The first-order chi connectivity index (χ1) is 13.3. The van der Waals surface area contributed by atoms with Crippen molar-refractivity contribution in [1.82, 2.24) is 0 Å². The molecule has 0 bridgehead atoms. The highest BCUT2D eigenvalue weighted by atomic mass is 35.5. The average Bonchev–Trinajstić information content (AvgIpc) is 2.68. The maximum absolute atomic E-state index is 13.3. The molecule has 1 amide bonds. The number of fused-ring (bicyclic) bond motifs is 1. The van der Waals surface area contributed by atoms with Gasteiger partial charge in [-0.3, -0.25) is 9.69 Å². The van der Waals surface area contributed by atoms with E-state index in [1.165, 1.54) is 6.26 Å².